The number of urea groups is 1. The number of rotatable bonds is 2. The van der Waals surface area contributed by atoms with E-state index in [1.807, 2.05) is 30.3 Å². The minimum absolute atomic E-state index is 0.0437. The largest absolute Gasteiger partial charge is 0.481 e. The Morgan fingerprint density at radius 1 is 1.21 bits per heavy atom. The van der Waals surface area contributed by atoms with Gasteiger partial charge in [-0.05, 0) is 25.0 Å². The number of para-hydroxylation sites is 1. The number of anilines is 1. The number of aliphatic carboxylic acids is 1. The molecule has 7 heteroatoms. The molecule has 1 aromatic carbocycles. The molecular weight excluding hydrogens is 310 g/mol. The van der Waals surface area contributed by atoms with Gasteiger partial charge < -0.3 is 20.2 Å². The molecule has 2 N–H and O–H groups in total. The molecular formula is C17H21N3O4. The van der Waals surface area contributed by atoms with Gasteiger partial charge in [-0.3, -0.25) is 9.59 Å². The summed E-state index contributed by atoms with van der Waals surface area (Å²) < 4.78 is 0. The van der Waals surface area contributed by atoms with Crippen LogP contribution in [-0.2, 0) is 9.59 Å². The van der Waals surface area contributed by atoms with Crippen molar-refractivity contribution in [2.45, 2.75) is 24.8 Å². The van der Waals surface area contributed by atoms with Gasteiger partial charge in [0.2, 0.25) is 5.91 Å². The SMILES string of the molecule is CN1C(=O)C[C@H](C(=O)O)C12CCN(C(=O)Nc1ccccc1)CC2. The summed E-state index contributed by atoms with van der Waals surface area (Å²) in [5, 5.41) is 12.3. The Labute approximate surface area is 140 Å². The molecule has 0 aromatic heterocycles. The van der Waals surface area contributed by atoms with Gasteiger partial charge in [-0.1, -0.05) is 18.2 Å². The molecule has 1 aromatic rings. The average molecular weight is 331 g/mol. The third-order valence-electron chi connectivity index (χ3n) is 5.31. The van der Waals surface area contributed by atoms with E-state index in [9.17, 15) is 19.5 Å². The van der Waals surface area contributed by atoms with Crippen molar-refractivity contribution in [3.05, 3.63) is 30.3 Å². The van der Waals surface area contributed by atoms with Crippen LogP contribution in [0.4, 0.5) is 10.5 Å². The number of nitrogens with one attached hydrogen (secondary N) is 1. The fourth-order valence-corrected chi connectivity index (χ4v) is 3.81. The Morgan fingerprint density at radius 3 is 2.42 bits per heavy atom. The maximum atomic E-state index is 12.4. The summed E-state index contributed by atoms with van der Waals surface area (Å²) in [7, 11) is 1.67. The van der Waals surface area contributed by atoms with Gasteiger partial charge in [0.1, 0.15) is 0 Å². The standard InChI is InChI=1S/C17H21N3O4/c1-19-14(21)11-13(15(22)23)17(19)7-9-20(10-8-17)16(24)18-12-5-3-2-4-6-12/h2-6,13H,7-11H2,1H3,(H,18,24)(H,22,23)/t13-/m1/s1. The van der Waals surface area contributed by atoms with Crippen molar-refractivity contribution < 1.29 is 19.5 Å². The van der Waals surface area contributed by atoms with Gasteiger partial charge in [-0.25, -0.2) is 4.79 Å². The smallest absolute Gasteiger partial charge is 0.321 e. The van der Waals surface area contributed by atoms with Crippen LogP contribution in [0, 0.1) is 5.92 Å². The number of carbonyl (C=O) groups excluding carboxylic acids is 2. The van der Waals surface area contributed by atoms with Crippen molar-refractivity contribution in [2.75, 3.05) is 25.5 Å². The number of nitrogens with zero attached hydrogens (tertiary/aromatic N) is 2. The Bertz CT molecular complexity index is 653. The first-order valence-electron chi connectivity index (χ1n) is 8.04. The predicted molar refractivity (Wildman–Crippen MR) is 87.5 cm³/mol. The summed E-state index contributed by atoms with van der Waals surface area (Å²) in [5.41, 5.74) is 0.0475. The van der Waals surface area contributed by atoms with E-state index in [0.717, 1.165) is 5.69 Å². The maximum absolute atomic E-state index is 12.4. The molecule has 0 unspecified atom stereocenters. The lowest BCUT2D eigenvalue weighted by Crippen LogP contribution is -2.57. The maximum Gasteiger partial charge on any atom is 0.321 e. The van der Waals surface area contributed by atoms with E-state index in [1.165, 1.54) is 0 Å². The van der Waals surface area contributed by atoms with Crippen LogP contribution in [0.2, 0.25) is 0 Å². The highest BCUT2D eigenvalue weighted by Crippen LogP contribution is 2.42. The van der Waals surface area contributed by atoms with Gasteiger partial charge in [-0.2, -0.15) is 0 Å². The van der Waals surface area contributed by atoms with Crippen molar-refractivity contribution in [2.24, 2.45) is 5.92 Å². The molecule has 0 radical (unpaired) electrons. The molecule has 1 atom stereocenters. The Morgan fingerprint density at radius 2 is 1.83 bits per heavy atom. The Hall–Kier alpha value is -2.57. The summed E-state index contributed by atoms with van der Waals surface area (Å²) in [4.78, 5) is 39.1. The van der Waals surface area contributed by atoms with E-state index in [2.05, 4.69) is 5.32 Å². The summed E-state index contributed by atoms with van der Waals surface area (Å²) in [6.07, 6.45) is 1.00. The molecule has 128 valence electrons. The van der Waals surface area contributed by atoms with Crippen molar-refractivity contribution in [1.29, 1.82) is 0 Å². The van der Waals surface area contributed by atoms with Gasteiger partial charge in [0.05, 0.1) is 11.5 Å². The molecule has 3 rings (SSSR count). The summed E-state index contributed by atoms with van der Waals surface area (Å²) in [6.45, 7) is 0.861. The Kier molecular flexibility index (Phi) is 4.17. The van der Waals surface area contributed by atoms with E-state index in [-0.39, 0.29) is 18.4 Å². The third-order valence-corrected chi connectivity index (χ3v) is 5.31. The molecule has 2 saturated heterocycles. The van der Waals surface area contributed by atoms with Gasteiger partial charge in [0.15, 0.2) is 0 Å². The van der Waals surface area contributed by atoms with E-state index >= 15 is 0 Å². The molecule has 3 amide bonds. The highest BCUT2D eigenvalue weighted by atomic mass is 16.4. The van der Waals surface area contributed by atoms with Crippen molar-refractivity contribution in [3.63, 3.8) is 0 Å². The molecule has 24 heavy (non-hydrogen) atoms. The first-order valence-corrected chi connectivity index (χ1v) is 8.04. The van der Waals surface area contributed by atoms with Crippen LogP contribution in [-0.4, -0.2) is 58.5 Å². The predicted octanol–water partition coefficient (Wildman–Crippen LogP) is 1.62. The van der Waals surface area contributed by atoms with Crippen LogP contribution in [0.1, 0.15) is 19.3 Å². The van der Waals surface area contributed by atoms with E-state index < -0.39 is 17.4 Å². The van der Waals surface area contributed by atoms with Crippen LogP contribution in [0.5, 0.6) is 0 Å². The fourth-order valence-electron chi connectivity index (χ4n) is 3.81. The number of hydrogen-bond acceptors (Lipinski definition) is 3. The minimum Gasteiger partial charge on any atom is -0.481 e. The van der Waals surface area contributed by atoms with Gasteiger partial charge >= 0.3 is 12.0 Å². The van der Waals surface area contributed by atoms with E-state index in [4.69, 9.17) is 0 Å². The molecule has 0 bridgehead atoms. The molecule has 0 aliphatic carbocycles. The number of carboxylic acid groups (broad SMARTS) is 1. The average Bonchev–Trinajstić information content (AvgIpc) is 2.82. The molecule has 2 heterocycles. The quantitative estimate of drug-likeness (QED) is 0.861. The Balaban J connectivity index is 1.67. The van der Waals surface area contributed by atoms with Crippen molar-refractivity contribution in [1.82, 2.24) is 9.80 Å². The van der Waals surface area contributed by atoms with Crippen LogP contribution >= 0.6 is 0 Å². The van der Waals surface area contributed by atoms with E-state index in [0.29, 0.717) is 25.9 Å². The summed E-state index contributed by atoms with van der Waals surface area (Å²) in [6, 6.07) is 8.99. The molecule has 2 aliphatic rings. The van der Waals surface area contributed by atoms with Gasteiger partial charge in [-0.15, -0.1) is 0 Å². The molecule has 7 nitrogen and oxygen atoms in total. The zero-order valence-electron chi connectivity index (χ0n) is 13.6. The lowest BCUT2D eigenvalue weighted by Gasteiger charge is -2.45. The van der Waals surface area contributed by atoms with Gasteiger partial charge in [0, 0.05) is 32.2 Å². The van der Waals surface area contributed by atoms with Crippen LogP contribution in [0.15, 0.2) is 30.3 Å². The normalized spacial score (nSPS) is 22.7. The van der Waals surface area contributed by atoms with Crippen molar-refractivity contribution in [3.8, 4) is 0 Å². The van der Waals surface area contributed by atoms with Crippen LogP contribution in [0.25, 0.3) is 0 Å². The molecule has 2 fully saturated rings. The van der Waals surface area contributed by atoms with Gasteiger partial charge in [0.25, 0.3) is 0 Å². The number of piperidine rings is 1. The van der Waals surface area contributed by atoms with Crippen molar-refractivity contribution >= 4 is 23.6 Å². The van der Waals surface area contributed by atoms with Crippen LogP contribution < -0.4 is 5.32 Å². The number of likely N-dealkylation sites (tertiary alicyclic amines) is 2. The highest BCUT2D eigenvalue weighted by Gasteiger charge is 2.55. The molecule has 1 spiro atoms. The van der Waals surface area contributed by atoms with Crippen LogP contribution in [0.3, 0.4) is 0 Å². The number of hydrogen-bond donors (Lipinski definition) is 2. The summed E-state index contributed by atoms with van der Waals surface area (Å²) >= 11 is 0. The second-order valence-electron chi connectivity index (χ2n) is 6.43. The zero-order chi connectivity index (χ0) is 17.3. The minimum atomic E-state index is -0.935. The summed E-state index contributed by atoms with van der Waals surface area (Å²) in [5.74, 6) is -1.77. The first kappa shape index (κ1) is 16.3. The lowest BCUT2D eigenvalue weighted by atomic mass is 9.77. The lowest BCUT2D eigenvalue weighted by molar-refractivity contribution is -0.145. The second-order valence-corrected chi connectivity index (χ2v) is 6.43. The third kappa shape index (κ3) is 2.70. The number of carbonyl (C=O) groups is 3. The monoisotopic (exact) mass is 331 g/mol. The topological polar surface area (TPSA) is 90.0 Å². The molecule has 2 aliphatic heterocycles. The highest BCUT2D eigenvalue weighted by molar-refractivity contribution is 5.90. The second kappa shape index (κ2) is 6.14. The molecule has 0 saturated carbocycles. The first-order chi connectivity index (χ1) is 11.4. The number of benzene rings is 1. The fraction of sp³-hybridized carbons (Fsp3) is 0.471. The zero-order valence-corrected chi connectivity index (χ0v) is 13.6. The number of carboxylic acids is 1. The van der Waals surface area contributed by atoms with E-state index in [1.54, 1.807) is 16.8 Å². The number of amides is 3.